The first kappa shape index (κ1) is 11.3. The molecular weight excluding hydrogens is 278 g/mol. The summed E-state index contributed by atoms with van der Waals surface area (Å²) in [5.41, 5.74) is 0. The van der Waals surface area contributed by atoms with E-state index in [-0.39, 0.29) is 0 Å². The van der Waals surface area contributed by atoms with Crippen LogP contribution in [0.25, 0.3) is 0 Å². The Kier molecular flexibility index (Phi) is 4.34. The molecule has 0 aromatic carbocycles. The van der Waals surface area contributed by atoms with Crippen molar-refractivity contribution < 1.29 is 4.74 Å². The van der Waals surface area contributed by atoms with Crippen LogP contribution in [0.1, 0.15) is 25.7 Å². The van der Waals surface area contributed by atoms with E-state index >= 15 is 0 Å². The lowest BCUT2D eigenvalue weighted by Gasteiger charge is -2.10. The van der Waals surface area contributed by atoms with Crippen molar-refractivity contribution in [3.8, 4) is 0 Å². The summed E-state index contributed by atoms with van der Waals surface area (Å²) in [5.74, 6) is 0. The average Bonchev–Trinajstić information content (AvgIpc) is 2.84. The highest BCUT2D eigenvalue weighted by atomic mass is 79.9. The molecule has 15 heavy (non-hydrogen) atoms. The number of aromatic nitrogens is 2. The smallest absolute Gasteiger partial charge is 0.206 e. The van der Waals surface area contributed by atoms with Crippen LogP contribution in [0.3, 0.4) is 0 Å². The highest BCUT2D eigenvalue weighted by Gasteiger charge is 2.14. The SMILES string of the molecule is Brc1nnc(NCCOC2CCCC2)s1. The normalized spacial score (nSPS) is 17.1. The minimum absolute atomic E-state index is 0.493. The van der Waals surface area contributed by atoms with E-state index in [1.807, 2.05) is 0 Å². The van der Waals surface area contributed by atoms with Gasteiger partial charge in [0.1, 0.15) is 0 Å². The molecule has 0 atom stereocenters. The molecule has 0 aliphatic heterocycles. The van der Waals surface area contributed by atoms with Gasteiger partial charge < -0.3 is 10.1 Å². The van der Waals surface area contributed by atoms with Gasteiger partial charge in [-0.1, -0.05) is 24.2 Å². The van der Waals surface area contributed by atoms with Crippen LogP contribution in [0.15, 0.2) is 3.92 Å². The second kappa shape index (κ2) is 5.77. The lowest BCUT2D eigenvalue weighted by atomic mass is 10.3. The van der Waals surface area contributed by atoms with E-state index in [2.05, 4.69) is 31.4 Å². The molecule has 0 saturated heterocycles. The maximum Gasteiger partial charge on any atom is 0.206 e. The molecule has 1 aromatic heterocycles. The fraction of sp³-hybridized carbons (Fsp3) is 0.778. The summed E-state index contributed by atoms with van der Waals surface area (Å²) in [6.45, 7) is 1.56. The number of nitrogens with one attached hydrogen (secondary N) is 1. The molecule has 1 aromatic rings. The molecule has 1 heterocycles. The highest BCUT2D eigenvalue weighted by Crippen LogP contribution is 2.21. The Morgan fingerprint density at radius 2 is 2.20 bits per heavy atom. The Morgan fingerprint density at radius 3 is 2.87 bits per heavy atom. The van der Waals surface area contributed by atoms with Crippen LogP contribution in [0.5, 0.6) is 0 Å². The van der Waals surface area contributed by atoms with E-state index in [0.29, 0.717) is 6.10 Å². The molecule has 1 aliphatic carbocycles. The van der Waals surface area contributed by atoms with E-state index in [4.69, 9.17) is 4.74 Å². The summed E-state index contributed by atoms with van der Waals surface area (Å²) in [4.78, 5) is 0. The summed E-state index contributed by atoms with van der Waals surface area (Å²) in [6.07, 6.45) is 5.59. The van der Waals surface area contributed by atoms with Crippen molar-refractivity contribution in [1.29, 1.82) is 0 Å². The quantitative estimate of drug-likeness (QED) is 0.848. The fourth-order valence-corrected chi connectivity index (χ4v) is 2.75. The van der Waals surface area contributed by atoms with E-state index < -0.39 is 0 Å². The van der Waals surface area contributed by atoms with Crippen LogP contribution in [0, 0.1) is 0 Å². The van der Waals surface area contributed by atoms with Crippen molar-refractivity contribution in [1.82, 2.24) is 10.2 Å². The van der Waals surface area contributed by atoms with Gasteiger partial charge in [0, 0.05) is 6.54 Å². The molecule has 4 nitrogen and oxygen atoms in total. The van der Waals surface area contributed by atoms with Crippen molar-refractivity contribution in [3.63, 3.8) is 0 Å². The molecule has 0 spiro atoms. The van der Waals surface area contributed by atoms with E-state index in [1.54, 1.807) is 0 Å². The third-order valence-electron chi connectivity index (χ3n) is 2.43. The number of nitrogens with zero attached hydrogens (tertiary/aromatic N) is 2. The summed E-state index contributed by atoms with van der Waals surface area (Å²) < 4.78 is 6.52. The first-order valence-corrected chi connectivity index (χ1v) is 6.80. The van der Waals surface area contributed by atoms with Gasteiger partial charge in [0.25, 0.3) is 0 Å². The van der Waals surface area contributed by atoms with Crippen LogP contribution in [0.4, 0.5) is 5.13 Å². The Morgan fingerprint density at radius 1 is 1.40 bits per heavy atom. The Hall–Kier alpha value is -0.200. The van der Waals surface area contributed by atoms with Crippen LogP contribution in [-0.2, 0) is 4.74 Å². The van der Waals surface area contributed by atoms with Gasteiger partial charge in [-0.3, -0.25) is 0 Å². The second-order valence-electron chi connectivity index (χ2n) is 3.56. The van der Waals surface area contributed by atoms with E-state index in [1.165, 1.54) is 37.0 Å². The molecule has 0 unspecified atom stereocenters. The van der Waals surface area contributed by atoms with Crippen LogP contribution >= 0.6 is 27.3 Å². The van der Waals surface area contributed by atoms with Crippen LogP contribution in [0.2, 0.25) is 0 Å². The zero-order valence-corrected chi connectivity index (χ0v) is 10.8. The minimum atomic E-state index is 0.493. The van der Waals surface area contributed by atoms with Gasteiger partial charge in [0.05, 0.1) is 12.7 Å². The number of hydrogen-bond acceptors (Lipinski definition) is 5. The van der Waals surface area contributed by atoms with Crippen LogP contribution < -0.4 is 5.32 Å². The van der Waals surface area contributed by atoms with Crippen molar-refractivity contribution in [2.24, 2.45) is 0 Å². The summed E-state index contributed by atoms with van der Waals surface area (Å²) in [7, 11) is 0. The largest absolute Gasteiger partial charge is 0.376 e. The van der Waals surface area contributed by atoms with Crippen molar-refractivity contribution in [2.75, 3.05) is 18.5 Å². The average molecular weight is 292 g/mol. The van der Waals surface area contributed by atoms with Gasteiger partial charge >= 0.3 is 0 Å². The number of rotatable bonds is 5. The maximum atomic E-state index is 5.71. The first-order valence-electron chi connectivity index (χ1n) is 5.19. The lowest BCUT2D eigenvalue weighted by Crippen LogP contribution is -2.15. The Balaban J connectivity index is 1.58. The van der Waals surface area contributed by atoms with Gasteiger partial charge in [-0.25, -0.2) is 0 Å². The Bertz CT molecular complexity index is 301. The fourth-order valence-electron chi connectivity index (χ4n) is 1.72. The summed E-state index contributed by atoms with van der Waals surface area (Å²) in [5, 5.41) is 11.8. The molecule has 0 amide bonds. The van der Waals surface area contributed by atoms with Gasteiger partial charge in [-0.2, -0.15) is 0 Å². The summed E-state index contributed by atoms with van der Waals surface area (Å²) >= 11 is 4.77. The van der Waals surface area contributed by atoms with E-state index in [0.717, 1.165) is 22.2 Å². The predicted molar refractivity (Wildman–Crippen MR) is 64.3 cm³/mol. The van der Waals surface area contributed by atoms with Gasteiger partial charge in [0.2, 0.25) is 5.13 Å². The maximum absolute atomic E-state index is 5.71. The molecule has 1 N–H and O–H groups in total. The van der Waals surface area contributed by atoms with Gasteiger partial charge in [-0.05, 0) is 28.8 Å². The Labute approximate surface area is 102 Å². The van der Waals surface area contributed by atoms with Crippen molar-refractivity contribution in [2.45, 2.75) is 31.8 Å². The monoisotopic (exact) mass is 291 g/mol. The molecular formula is C9H14BrN3OS. The van der Waals surface area contributed by atoms with Gasteiger partial charge in [0.15, 0.2) is 3.92 Å². The first-order chi connectivity index (χ1) is 7.34. The zero-order chi connectivity index (χ0) is 10.5. The standard InChI is InChI=1S/C9H14BrN3OS/c10-8-12-13-9(15-8)11-5-6-14-7-3-1-2-4-7/h7H,1-6H2,(H,11,13). The number of anilines is 1. The minimum Gasteiger partial charge on any atom is -0.376 e. The molecule has 1 saturated carbocycles. The number of hydrogen-bond donors (Lipinski definition) is 1. The lowest BCUT2D eigenvalue weighted by molar-refractivity contribution is 0.0659. The number of halogens is 1. The highest BCUT2D eigenvalue weighted by molar-refractivity contribution is 9.11. The third kappa shape index (κ3) is 3.70. The molecule has 84 valence electrons. The van der Waals surface area contributed by atoms with Crippen molar-refractivity contribution in [3.05, 3.63) is 3.92 Å². The van der Waals surface area contributed by atoms with Crippen LogP contribution in [-0.4, -0.2) is 29.5 Å². The van der Waals surface area contributed by atoms with Crippen molar-refractivity contribution >= 4 is 32.4 Å². The third-order valence-corrected chi connectivity index (χ3v) is 3.75. The van der Waals surface area contributed by atoms with Gasteiger partial charge in [-0.15, -0.1) is 10.2 Å². The topological polar surface area (TPSA) is 47.0 Å². The molecule has 0 radical (unpaired) electrons. The predicted octanol–water partition coefficient (Wildman–Crippen LogP) is 2.67. The zero-order valence-electron chi connectivity index (χ0n) is 8.41. The molecule has 1 aliphatic rings. The molecule has 1 fully saturated rings. The molecule has 0 bridgehead atoms. The number of ether oxygens (including phenoxy) is 1. The summed E-state index contributed by atoms with van der Waals surface area (Å²) in [6, 6.07) is 0. The van der Waals surface area contributed by atoms with E-state index in [9.17, 15) is 0 Å². The molecule has 2 rings (SSSR count). The molecule has 6 heteroatoms. The second-order valence-corrected chi connectivity index (χ2v) is 5.82.